The van der Waals surface area contributed by atoms with Crippen molar-refractivity contribution in [3.63, 3.8) is 0 Å². The molecule has 0 saturated heterocycles. The number of rotatable bonds is 2. The second kappa shape index (κ2) is 4.68. The molecule has 0 saturated carbocycles. The molecule has 3 aromatic rings. The summed E-state index contributed by atoms with van der Waals surface area (Å²) in [6.07, 6.45) is 1.57. The Balaban J connectivity index is 2.10. The fraction of sp³-hybridized carbons (Fsp3) is 0.0833. The summed E-state index contributed by atoms with van der Waals surface area (Å²) in [4.78, 5) is 8.05. The van der Waals surface area contributed by atoms with Crippen molar-refractivity contribution in [1.29, 1.82) is 0 Å². The van der Waals surface area contributed by atoms with Crippen molar-refractivity contribution in [2.75, 3.05) is 0 Å². The molecule has 2 aromatic heterocycles. The van der Waals surface area contributed by atoms with Crippen LogP contribution >= 0.6 is 23.2 Å². The first-order valence-corrected chi connectivity index (χ1v) is 6.20. The minimum atomic E-state index is 0.0792. The second-order valence-electron chi connectivity index (χ2n) is 3.97. The monoisotopic (exact) mass is 294 g/mol. The van der Waals surface area contributed by atoms with E-state index in [2.05, 4.69) is 20.2 Å². The lowest BCUT2D eigenvalue weighted by Gasteiger charge is -2.08. The molecule has 0 amide bonds. The molecule has 3 rings (SSSR count). The fourth-order valence-electron chi connectivity index (χ4n) is 1.65. The van der Waals surface area contributed by atoms with Gasteiger partial charge in [0, 0.05) is 0 Å². The van der Waals surface area contributed by atoms with Crippen molar-refractivity contribution in [2.24, 2.45) is 0 Å². The number of benzene rings is 1. The molecule has 19 heavy (non-hydrogen) atoms. The number of hydrogen-bond donors (Lipinski definition) is 1. The number of aryl methyl sites for hydroxylation is 1. The molecule has 0 unspecified atom stereocenters. The molecule has 0 radical (unpaired) electrons. The van der Waals surface area contributed by atoms with Crippen LogP contribution in [0.4, 0.5) is 0 Å². The molecule has 0 spiro atoms. The van der Waals surface area contributed by atoms with Gasteiger partial charge in [-0.2, -0.15) is 15.1 Å². The molecular weight excluding hydrogens is 287 g/mol. The molecule has 0 aliphatic heterocycles. The van der Waals surface area contributed by atoms with Gasteiger partial charge in [-0.1, -0.05) is 17.7 Å². The lowest BCUT2D eigenvalue weighted by Crippen LogP contribution is -1.93. The Bertz CT molecular complexity index is 757. The molecule has 0 atom stereocenters. The van der Waals surface area contributed by atoms with Crippen molar-refractivity contribution in [3.8, 4) is 11.6 Å². The van der Waals surface area contributed by atoms with Crippen molar-refractivity contribution in [2.45, 2.75) is 6.92 Å². The van der Waals surface area contributed by atoms with E-state index in [4.69, 9.17) is 27.9 Å². The van der Waals surface area contributed by atoms with E-state index in [1.165, 1.54) is 0 Å². The highest BCUT2D eigenvalue weighted by Gasteiger charge is 2.12. The molecule has 5 nitrogen and oxygen atoms in total. The van der Waals surface area contributed by atoms with Gasteiger partial charge in [-0.05, 0) is 36.2 Å². The summed E-state index contributed by atoms with van der Waals surface area (Å²) in [6.45, 7) is 1.95. The summed E-state index contributed by atoms with van der Waals surface area (Å²) in [5, 5.41) is 7.82. The molecule has 2 heterocycles. The molecule has 1 N–H and O–H groups in total. The Labute approximate surface area is 118 Å². The molecule has 96 valence electrons. The van der Waals surface area contributed by atoms with Crippen LogP contribution < -0.4 is 4.74 Å². The zero-order chi connectivity index (χ0) is 13.4. The smallest absolute Gasteiger partial charge is 0.234 e. The standard InChI is InChI=1S/C12H8Cl2N4O/c1-6-2-3-8(13)9(4-6)19-11-7-5-15-18-10(7)16-12(14)17-11/h2-5H,1H3,(H,15,16,17,18). The molecule has 1 aromatic carbocycles. The summed E-state index contributed by atoms with van der Waals surface area (Å²) >= 11 is 11.9. The third kappa shape index (κ3) is 2.34. The van der Waals surface area contributed by atoms with E-state index in [9.17, 15) is 0 Å². The van der Waals surface area contributed by atoms with Crippen molar-refractivity contribution in [1.82, 2.24) is 20.2 Å². The number of nitrogens with zero attached hydrogens (tertiary/aromatic N) is 3. The van der Waals surface area contributed by atoms with E-state index in [-0.39, 0.29) is 5.28 Å². The average molecular weight is 295 g/mol. The Kier molecular flexibility index (Phi) is 3.00. The van der Waals surface area contributed by atoms with Crippen molar-refractivity contribution < 1.29 is 4.74 Å². The molecule has 0 aliphatic carbocycles. The van der Waals surface area contributed by atoms with E-state index < -0.39 is 0 Å². The molecule has 0 fully saturated rings. The fourth-order valence-corrected chi connectivity index (χ4v) is 1.97. The Morgan fingerprint density at radius 3 is 2.89 bits per heavy atom. The number of halogens is 2. The maximum absolute atomic E-state index is 6.09. The van der Waals surface area contributed by atoms with Crippen molar-refractivity contribution in [3.05, 3.63) is 40.3 Å². The van der Waals surface area contributed by atoms with Crippen LogP contribution in [0.2, 0.25) is 10.3 Å². The van der Waals surface area contributed by atoms with Gasteiger partial charge in [0.05, 0.1) is 11.2 Å². The van der Waals surface area contributed by atoms with Crippen molar-refractivity contribution >= 4 is 34.2 Å². The largest absolute Gasteiger partial charge is 0.436 e. The van der Waals surface area contributed by atoms with Gasteiger partial charge in [-0.15, -0.1) is 0 Å². The minimum absolute atomic E-state index is 0.0792. The van der Waals surface area contributed by atoms with Crippen LogP contribution in [0.25, 0.3) is 11.0 Å². The molecular formula is C12H8Cl2N4O. The van der Waals surface area contributed by atoms with Crippen LogP contribution in [0.5, 0.6) is 11.6 Å². The summed E-state index contributed by atoms with van der Waals surface area (Å²) in [6, 6.07) is 5.49. The number of hydrogen-bond acceptors (Lipinski definition) is 4. The minimum Gasteiger partial charge on any atom is -0.436 e. The SMILES string of the molecule is Cc1ccc(Cl)c(Oc2nc(Cl)nc3[nH]ncc23)c1. The van der Waals surface area contributed by atoms with Crippen LogP contribution in [0.15, 0.2) is 24.4 Å². The number of nitrogens with one attached hydrogen (secondary N) is 1. The highest BCUT2D eigenvalue weighted by molar-refractivity contribution is 6.32. The van der Waals surface area contributed by atoms with Gasteiger partial charge in [-0.25, -0.2) is 0 Å². The predicted molar refractivity (Wildman–Crippen MR) is 73.0 cm³/mol. The quantitative estimate of drug-likeness (QED) is 0.731. The number of aromatic nitrogens is 4. The molecule has 0 bridgehead atoms. The highest BCUT2D eigenvalue weighted by Crippen LogP contribution is 2.32. The summed E-state index contributed by atoms with van der Waals surface area (Å²) in [7, 11) is 0. The van der Waals surface area contributed by atoms with E-state index in [0.29, 0.717) is 27.7 Å². The maximum Gasteiger partial charge on any atom is 0.234 e. The molecule has 0 aliphatic rings. The summed E-state index contributed by atoms with van der Waals surface area (Å²) in [5.74, 6) is 0.829. The summed E-state index contributed by atoms with van der Waals surface area (Å²) in [5.41, 5.74) is 1.54. The van der Waals surface area contributed by atoms with Gasteiger partial charge >= 0.3 is 0 Å². The second-order valence-corrected chi connectivity index (χ2v) is 4.71. The van der Waals surface area contributed by atoms with E-state index >= 15 is 0 Å². The lowest BCUT2D eigenvalue weighted by molar-refractivity contribution is 0.468. The predicted octanol–water partition coefficient (Wildman–Crippen LogP) is 3.76. The molecule has 7 heteroatoms. The topological polar surface area (TPSA) is 63.7 Å². The van der Waals surface area contributed by atoms with Crippen LogP contribution in [0, 0.1) is 6.92 Å². The maximum atomic E-state index is 6.09. The summed E-state index contributed by atoms with van der Waals surface area (Å²) < 4.78 is 5.71. The van der Waals surface area contributed by atoms with Crippen LogP contribution in [-0.4, -0.2) is 20.2 Å². The third-order valence-electron chi connectivity index (χ3n) is 2.54. The van der Waals surface area contributed by atoms with E-state index in [1.54, 1.807) is 12.3 Å². The Hall–Kier alpha value is -1.85. The van der Waals surface area contributed by atoms with E-state index in [1.807, 2.05) is 19.1 Å². The van der Waals surface area contributed by atoms with Gasteiger partial charge < -0.3 is 4.74 Å². The van der Waals surface area contributed by atoms with Gasteiger partial charge in [0.1, 0.15) is 11.1 Å². The van der Waals surface area contributed by atoms with Crippen LogP contribution in [-0.2, 0) is 0 Å². The first-order valence-electron chi connectivity index (χ1n) is 5.44. The zero-order valence-corrected chi connectivity index (χ0v) is 11.3. The number of aromatic amines is 1. The average Bonchev–Trinajstić information content (AvgIpc) is 2.82. The third-order valence-corrected chi connectivity index (χ3v) is 3.02. The van der Waals surface area contributed by atoms with E-state index in [0.717, 1.165) is 5.56 Å². The number of fused-ring (bicyclic) bond motifs is 1. The Morgan fingerprint density at radius 2 is 2.05 bits per heavy atom. The van der Waals surface area contributed by atoms with Crippen LogP contribution in [0.1, 0.15) is 5.56 Å². The zero-order valence-electron chi connectivity index (χ0n) is 9.82. The van der Waals surface area contributed by atoms with Gasteiger partial charge in [0.15, 0.2) is 5.65 Å². The highest BCUT2D eigenvalue weighted by atomic mass is 35.5. The normalized spacial score (nSPS) is 10.9. The number of H-pyrrole nitrogens is 1. The first-order chi connectivity index (χ1) is 9.13. The van der Waals surface area contributed by atoms with Gasteiger partial charge in [-0.3, -0.25) is 5.10 Å². The number of ether oxygens (including phenoxy) is 1. The van der Waals surface area contributed by atoms with Gasteiger partial charge in [0.25, 0.3) is 0 Å². The Morgan fingerprint density at radius 1 is 1.21 bits per heavy atom. The van der Waals surface area contributed by atoms with Gasteiger partial charge in [0.2, 0.25) is 11.2 Å². The lowest BCUT2D eigenvalue weighted by atomic mass is 10.2. The first kappa shape index (κ1) is 12.2. The van der Waals surface area contributed by atoms with Crippen LogP contribution in [0.3, 0.4) is 0 Å².